The van der Waals surface area contributed by atoms with Crippen molar-refractivity contribution in [3.63, 3.8) is 0 Å². The standard InChI is InChI=1S/C21H19N3O2/c1-15(25)17-8-5-9-18(12-17)24-21(26)20-11-10-19(14-23-20)22-13-16-6-3-2-4-7-16/h2-12,14,22H,13H2,1H3,(H,24,26). The summed E-state index contributed by atoms with van der Waals surface area (Å²) >= 11 is 0. The molecular formula is C21H19N3O2. The molecule has 0 atom stereocenters. The number of rotatable bonds is 6. The fraction of sp³-hybridized carbons (Fsp3) is 0.0952. The lowest BCUT2D eigenvalue weighted by molar-refractivity contribution is 0.100. The molecule has 0 aliphatic carbocycles. The van der Waals surface area contributed by atoms with Gasteiger partial charge < -0.3 is 10.6 Å². The van der Waals surface area contributed by atoms with Crippen molar-refractivity contribution in [2.45, 2.75) is 13.5 Å². The molecule has 0 saturated carbocycles. The Morgan fingerprint density at radius 3 is 2.42 bits per heavy atom. The zero-order chi connectivity index (χ0) is 18.4. The number of Topliss-reactive ketones (excluding diaryl/α,β-unsaturated/α-hetero) is 1. The van der Waals surface area contributed by atoms with Crippen LogP contribution in [0.5, 0.6) is 0 Å². The molecule has 0 saturated heterocycles. The zero-order valence-electron chi connectivity index (χ0n) is 14.4. The Morgan fingerprint density at radius 1 is 0.923 bits per heavy atom. The summed E-state index contributed by atoms with van der Waals surface area (Å²) in [7, 11) is 0. The van der Waals surface area contributed by atoms with Gasteiger partial charge in [-0.15, -0.1) is 0 Å². The first-order chi connectivity index (χ1) is 12.6. The van der Waals surface area contributed by atoms with E-state index in [0.29, 0.717) is 23.5 Å². The molecule has 0 spiro atoms. The average molecular weight is 345 g/mol. The van der Waals surface area contributed by atoms with Crippen LogP contribution in [0.15, 0.2) is 72.9 Å². The van der Waals surface area contributed by atoms with Crippen molar-refractivity contribution in [3.8, 4) is 0 Å². The predicted molar refractivity (Wildman–Crippen MR) is 102 cm³/mol. The van der Waals surface area contributed by atoms with Crippen molar-refractivity contribution in [3.05, 3.63) is 89.7 Å². The monoisotopic (exact) mass is 345 g/mol. The van der Waals surface area contributed by atoms with Crippen LogP contribution in [0.3, 0.4) is 0 Å². The third-order valence-corrected chi connectivity index (χ3v) is 3.86. The highest BCUT2D eigenvalue weighted by Gasteiger charge is 2.09. The molecule has 2 aromatic carbocycles. The van der Waals surface area contributed by atoms with Gasteiger partial charge in [-0.1, -0.05) is 42.5 Å². The first kappa shape index (κ1) is 17.4. The summed E-state index contributed by atoms with van der Waals surface area (Å²) in [5, 5.41) is 6.02. The van der Waals surface area contributed by atoms with Crippen molar-refractivity contribution in [1.82, 2.24) is 4.98 Å². The second-order valence-electron chi connectivity index (χ2n) is 5.86. The van der Waals surface area contributed by atoms with Crippen molar-refractivity contribution in [2.24, 2.45) is 0 Å². The maximum absolute atomic E-state index is 12.3. The van der Waals surface area contributed by atoms with Crippen LogP contribution in [-0.4, -0.2) is 16.7 Å². The molecule has 3 rings (SSSR count). The number of carbonyl (C=O) groups excluding carboxylic acids is 2. The van der Waals surface area contributed by atoms with E-state index in [-0.39, 0.29) is 11.7 Å². The number of aromatic nitrogens is 1. The number of hydrogen-bond acceptors (Lipinski definition) is 4. The quantitative estimate of drug-likeness (QED) is 0.659. The minimum Gasteiger partial charge on any atom is -0.380 e. The molecule has 2 N–H and O–H groups in total. The number of carbonyl (C=O) groups is 2. The van der Waals surface area contributed by atoms with Crippen LogP contribution in [0.2, 0.25) is 0 Å². The zero-order valence-corrected chi connectivity index (χ0v) is 14.4. The van der Waals surface area contributed by atoms with Crippen molar-refractivity contribution < 1.29 is 9.59 Å². The molecule has 26 heavy (non-hydrogen) atoms. The third kappa shape index (κ3) is 4.54. The smallest absolute Gasteiger partial charge is 0.274 e. The summed E-state index contributed by atoms with van der Waals surface area (Å²) in [6, 6.07) is 20.3. The number of nitrogens with one attached hydrogen (secondary N) is 2. The van der Waals surface area contributed by atoms with Gasteiger partial charge in [0.25, 0.3) is 5.91 Å². The van der Waals surface area contributed by atoms with Gasteiger partial charge in [0.2, 0.25) is 0 Å². The number of amides is 1. The fourth-order valence-electron chi connectivity index (χ4n) is 2.44. The number of nitrogens with zero attached hydrogens (tertiary/aromatic N) is 1. The van der Waals surface area contributed by atoms with E-state index >= 15 is 0 Å². The number of ketones is 1. The van der Waals surface area contributed by atoms with Crippen LogP contribution in [-0.2, 0) is 6.54 Å². The molecule has 0 fully saturated rings. The molecule has 3 aromatic rings. The molecule has 0 radical (unpaired) electrons. The highest BCUT2D eigenvalue weighted by molar-refractivity contribution is 6.04. The molecular weight excluding hydrogens is 326 g/mol. The van der Waals surface area contributed by atoms with Crippen LogP contribution in [0.25, 0.3) is 0 Å². The molecule has 0 aliphatic heterocycles. The maximum atomic E-state index is 12.3. The van der Waals surface area contributed by atoms with Gasteiger partial charge in [0.15, 0.2) is 5.78 Å². The highest BCUT2D eigenvalue weighted by atomic mass is 16.2. The maximum Gasteiger partial charge on any atom is 0.274 e. The molecule has 0 aliphatic rings. The van der Waals surface area contributed by atoms with Crippen LogP contribution in [0.4, 0.5) is 11.4 Å². The Morgan fingerprint density at radius 2 is 1.73 bits per heavy atom. The molecule has 1 aromatic heterocycles. The molecule has 1 amide bonds. The van der Waals surface area contributed by atoms with E-state index < -0.39 is 0 Å². The second-order valence-corrected chi connectivity index (χ2v) is 5.86. The SMILES string of the molecule is CC(=O)c1cccc(NC(=O)c2ccc(NCc3ccccc3)cn2)c1. The fourth-order valence-corrected chi connectivity index (χ4v) is 2.44. The number of benzene rings is 2. The Balaban J connectivity index is 1.61. The number of anilines is 2. The highest BCUT2D eigenvalue weighted by Crippen LogP contribution is 2.14. The number of hydrogen-bond donors (Lipinski definition) is 2. The summed E-state index contributed by atoms with van der Waals surface area (Å²) in [4.78, 5) is 27.9. The molecule has 5 heteroatoms. The Labute approximate surface area is 152 Å². The largest absolute Gasteiger partial charge is 0.380 e. The summed E-state index contributed by atoms with van der Waals surface area (Å²) in [5.41, 5.74) is 3.43. The van der Waals surface area contributed by atoms with Gasteiger partial charge in [-0.05, 0) is 36.8 Å². The van der Waals surface area contributed by atoms with Crippen LogP contribution < -0.4 is 10.6 Å². The summed E-state index contributed by atoms with van der Waals surface area (Å²) < 4.78 is 0. The van der Waals surface area contributed by atoms with Crippen molar-refractivity contribution in [2.75, 3.05) is 10.6 Å². The van der Waals surface area contributed by atoms with Gasteiger partial charge in [-0.2, -0.15) is 0 Å². The minimum atomic E-state index is -0.319. The van der Waals surface area contributed by atoms with E-state index in [1.807, 2.05) is 36.4 Å². The Hall–Kier alpha value is -3.47. The van der Waals surface area contributed by atoms with Gasteiger partial charge in [0.05, 0.1) is 11.9 Å². The normalized spacial score (nSPS) is 10.2. The topological polar surface area (TPSA) is 71.1 Å². The summed E-state index contributed by atoms with van der Waals surface area (Å²) in [6.07, 6.45) is 1.63. The Kier molecular flexibility index (Phi) is 5.39. The molecule has 0 unspecified atom stereocenters. The van der Waals surface area contributed by atoms with Gasteiger partial charge in [0, 0.05) is 17.8 Å². The first-order valence-electron chi connectivity index (χ1n) is 8.28. The van der Waals surface area contributed by atoms with E-state index in [0.717, 1.165) is 5.69 Å². The van der Waals surface area contributed by atoms with Gasteiger partial charge in [0.1, 0.15) is 5.69 Å². The van der Waals surface area contributed by atoms with Crippen molar-refractivity contribution in [1.29, 1.82) is 0 Å². The van der Waals surface area contributed by atoms with Crippen LogP contribution >= 0.6 is 0 Å². The first-order valence-corrected chi connectivity index (χ1v) is 8.28. The number of pyridine rings is 1. The van der Waals surface area contributed by atoms with E-state index in [1.165, 1.54) is 12.5 Å². The van der Waals surface area contributed by atoms with E-state index in [2.05, 4.69) is 15.6 Å². The molecule has 0 bridgehead atoms. The van der Waals surface area contributed by atoms with Crippen LogP contribution in [0.1, 0.15) is 33.3 Å². The predicted octanol–water partition coefficient (Wildman–Crippen LogP) is 4.15. The van der Waals surface area contributed by atoms with Crippen molar-refractivity contribution >= 4 is 23.1 Å². The van der Waals surface area contributed by atoms with E-state index in [1.54, 1.807) is 36.5 Å². The molecule has 1 heterocycles. The Bertz CT molecular complexity index is 906. The second kappa shape index (κ2) is 8.07. The lowest BCUT2D eigenvalue weighted by Gasteiger charge is -2.08. The van der Waals surface area contributed by atoms with Gasteiger partial charge in [-0.3, -0.25) is 9.59 Å². The summed E-state index contributed by atoms with van der Waals surface area (Å²) in [5.74, 6) is -0.367. The third-order valence-electron chi connectivity index (χ3n) is 3.86. The molecule has 130 valence electrons. The van der Waals surface area contributed by atoms with Crippen LogP contribution in [0, 0.1) is 0 Å². The molecule has 5 nitrogen and oxygen atoms in total. The van der Waals surface area contributed by atoms with Gasteiger partial charge >= 0.3 is 0 Å². The minimum absolute atomic E-state index is 0.0481. The lowest BCUT2D eigenvalue weighted by atomic mass is 10.1. The van der Waals surface area contributed by atoms with Gasteiger partial charge in [-0.25, -0.2) is 4.98 Å². The summed E-state index contributed by atoms with van der Waals surface area (Å²) in [6.45, 7) is 2.18. The van der Waals surface area contributed by atoms with E-state index in [9.17, 15) is 9.59 Å². The lowest BCUT2D eigenvalue weighted by Crippen LogP contribution is -2.14. The van der Waals surface area contributed by atoms with E-state index in [4.69, 9.17) is 0 Å². The average Bonchev–Trinajstić information content (AvgIpc) is 2.68.